The lowest BCUT2D eigenvalue weighted by atomic mass is 10.1. The van der Waals surface area contributed by atoms with Crippen molar-refractivity contribution in [3.63, 3.8) is 0 Å². The Morgan fingerprint density at radius 3 is 2.71 bits per heavy atom. The first-order valence-corrected chi connectivity index (χ1v) is 7.72. The zero-order chi connectivity index (χ0) is 16.8. The maximum Gasteiger partial charge on any atom is 0.251 e. The largest absolute Gasteiger partial charge is 0.478 e. The molecule has 0 radical (unpaired) electrons. The van der Waals surface area contributed by atoms with Crippen molar-refractivity contribution in [1.29, 1.82) is 0 Å². The Morgan fingerprint density at radius 1 is 1.17 bits per heavy atom. The number of rotatable bonds is 6. The zero-order valence-corrected chi connectivity index (χ0v) is 13.3. The molecule has 2 heterocycles. The van der Waals surface area contributed by atoms with Crippen LogP contribution in [0.2, 0.25) is 0 Å². The van der Waals surface area contributed by atoms with Crippen molar-refractivity contribution in [1.82, 2.24) is 20.5 Å². The van der Waals surface area contributed by atoms with Crippen LogP contribution in [0.15, 0.2) is 54.9 Å². The fourth-order valence-corrected chi connectivity index (χ4v) is 2.32. The van der Waals surface area contributed by atoms with Gasteiger partial charge in [0, 0.05) is 30.1 Å². The minimum Gasteiger partial charge on any atom is -0.478 e. The molecule has 122 valence electrons. The molecule has 24 heavy (non-hydrogen) atoms. The summed E-state index contributed by atoms with van der Waals surface area (Å²) in [6.45, 7) is 2.80. The maximum absolute atomic E-state index is 12.3. The van der Waals surface area contributed by atoms with Crippen LogP contribution in [0, 0.1) is 0 Å². The average Bonchev–Trinajstić information content (AvgIpc) is 3.16. The first kappa shape index (κ1) is 15.7. The summed E-state index contributed by atoms with van der Waals surface area (Å²) in [4.78, 5) is 16.5. The smallest absolute Gasteiger partial charge is 0.251 e. The van der Waals surface area contributed by atoms with Gasteiger partial charge in [0.2, 0.25) is 5.88 Å². The van der Waals surface area contributed by atoms with Gasteiger partial charge in [-0.1, -0.05) is 18.2 Å². The highest BCUT2D eigenvalue weighted by molar-refractivity contribution is 5.94. The van der Waals surface area contributed by atoms with Gasteiger partial charge in [0.05, 0.1) is 12.3 Å². The number of hydrogen-bond donors (Lipinski definition) is 2. The van der Waals surface area contributed by atoms with Crippen molar-refractivity contribution in [3.8, 4) is 17.1 Å². The summed E-state index contributed by atoms with van der Waals surface area (Å²) >= 11 is 0. The van der Waals surface area contributed by atoms with Gasteiger partial charge >= 0.3 is 0 Å². The molecular formula is C18H18N4O2. The number of amides is 1. The van der Waals surface area contributed by atoms with E-state index < -0.39 is 0 Å². The highest BCUT2D eigenvalue weighted by atomic mass is 16.5. The molecule has 0 aliphatic heterocycles. The molecule has 1 amide bonds. The Morgan fingerprint density at radius 2 is 2.00 bits per heavy atom. The molecule has 0 aliphatic rings. The summed E-state index contributed by atoms with van der Waals surface area (Å²) in [5.41, 5.74) is 3.34. The lowest BCUT2D eigenvalue weighted by Gasteiger charge is -2.10. The zero-order valence-electron chi connectivity index (χ0n) is 13.3. The second-order valence-electron chi connectivity index (χ2n) is 5.13. The Bertz CT molecular complexity index is 798. The molecule has 3 aromatic rings. The first-order chi connectivity index (χ1) is 11.8. The van der Waals surface area contributed by atoms with E-state index in [4.69, 9.17) is 4.74 Å². The molecule has 0 atom stereocenters. The predicted octanol–water partition coefficient (Wildman–Crippen LogP) is 2.80. The van der Waals surface area contributed by atoms with Crippen molar-refractivity contribution >= 4 is 5.91 Å². The van der Waals surface area contributed by atoms with E-state index in [1.54, 1.807) is 24.5 Å². The van der Waals surface area contributed by atoms with Crippen molar-refractivity contribution in [2.75, 3.05) is 6.61 Å². The van der Waals surface area contributed by atoms with Crippen molar-refractivity contribution in [3.05, 3.63) is 66.0 Å². The molecule has 3 rings (SSSR count). The van der Waals surface area contributed by atoms with E-state index in [2.05, 4.69) is 20.5 Å². The number of pyridine rings is 1. The Balaban J connectivity index is 1.65. The third-order valence-corrected chi connectivity index (χ3v) is 3.53. The summed E-state index contributed by atoms with van der Waals surface area (Å²) in [6.07, 6.45) is 3.37. The van der Waals surface area contributed by atoms with Gasteiger partial charge in [-0.15, -0.1) is 0 Å². The summed E-state index contributed by atoms with van der Waals surface area (Å²) < 4.78 is 5.46. The van der Waals surface area contributed by atoms with E-state index in [9.17, 15) is 4.79 Å². The van der Waals surface area contributed by atoms with Gasteiger partial charge in [-0.3, -0.25) is 9.89 Å². The molecule has 0 saturated heterocycles. The van der Waals surface area contributed by atoms with E-state index in [1.807, 2.05) is 37.3 Å². The predicted molar refractivity (Wildman–Crippen MR) is 90.6 cm³/mol. The number of carbonyl (C=O) groups excluding carboxylic acids is 1. The topological polar surface area (TPSA) is 79.9 Å². The number of hydrogen-bond acceptors (Lipinski definition) is 4. The number of nitrogens with one attached hydrogen (secondary N) is 2. The normalized spacial score (nSPS) is 10.4. The second-order valence-corrected chi connectivity index (χ2v) is 5.13. The van der Waals surface area contributed by atoms with Gasteiger partial charge in [-0.05, 0) is 36.8 Å². The van der Waals surface area contributed by atoms with Gasteiger partial charge in [0.15, 0.2) is 0 Å². The van der Waals surface area contributed by atoms with Crippen LogP contribution in [0.25, 0.3) is 11.3 Å². The van der Waals surface area contributed by atoms with E-state index in [0.29, 0.717) is 24.6 Å². The van der Waals surface area contributed by atoms with Crippen LogP contribution in [0.1, 0.15) is 22.8 Å². The highest BCUT2D eigenvalue weighted by Gasteiger charge is 2.09. The SMILES string of the molecule is CCOc1ncccc1CNC(=O)c1ccc(-c2ccn[nH]2)cc1. The summed E-state index contributed by atoms with van der Waals surface area (Å²) in [7, 11) is 0. The van der Waals surface area contributed by atoms with Crippen LogP contribution in [0.3, 0.4) is 0 Å². The van der Waals surface area contributed by atoms with E-state index in [0.717, 1.165) is 16.8 Å². The van der Waals surface area contributed by atoms with Crippen LogP contribution in [-0.2, 0) is 6.54 Å². The molecule has 0 spiro atoms. The van der Waals surface area contributed by atoms with Crippen molar-refractivity contribution in [2.45, 2.75) is 13.5 Å². The van der Waals surface area contributed by atoms with Crippen molar-refractivity contribution < 1.29 is 9.53 Å². The summed E-state index contributed by atoms with van der Waals surface area (Å²) in [5, 5.41) is 9.71. The average molecular weight is 322 g/mol. The molecule has 2 aromatic heterocycles. The standard InChI is InChI=1S/C18H18N4O2/c1-2-24-18-15(4-3-10-19-18)12-20-17(23)14-7-5-13(6-8-14)16-9-11-21-22-16/h3-11H,2,12H2,1H3,(H,20,23)(H,21,22). The summed E-state index contributed by atoms with van der Waals surface area (Å²) in [6, 6.07) is 12.9. The van der Waals surface area contributed by atoms with Crippen molar-refractivity contribution in [2.24, 2.45) is 0 Å². The number of aromatic amines is 1. The van der Waals surface area contributed by atoms with Gasteiger partial charge in [-0.25, -0.2) is 4.98 Å². The highest BCUT2D eigenvalue weighted by Crippen LogP contribution is 2.17. The van der Waals surface area contributed by atoms with Crippen LogP contribution in [0.4, 0.5) is 0 Å². The molecular weight excluding hydrogens is 304 g/mol. The molecule has 1 aromatic carbocycles. The Kier molecular flexibility index (Phi) is 4.86. The summed E-state index contributed by atoms with van der Waals surface area (Å²) in [5.74, 6) is 0.410. The van der Waals surface area contributed by atoms with Gasteiger partial charge in [0.25, 0.3) is 5.91 Å². The number of aromatic nitrogens is 3. The minimum absolute atomic E-state index is 0.141. The van der Waals surface area contributed by atoms with E-state index in [1.165, 1.54) is 0 Å². The monoisotopic (exact) mass is 322 g/mol. The maximum atomic E-state index is 12.3. The lowest BCUT2D eigenvalue weighted by Crippen LogP contribution is -2.23. The first-order valence-electron chi connectivity index (χ1n) is 7.72. The molecule has 0 bridgehead atoms. The minimum atomic E-state index is -0.141. The Labute approximate surface area is 139 Å². The van der Waals surface area contributed by atoms with Gasteiger partial charge in [-0.2, -0.15) is 5.10 Å². The van der Waals surface area contributed by atoms with Gasteiger partial charge < -0.3 is 10.1 Å². The van der Waals surface area contributed by atoms with Crippen LogP contribution in [0.5, 0.6) is 5.88 Å². The molecule has 0 saturated carbocycles. The van der Waals surface area contributed by atoms with Crippen LogP contribution in [-0.4, -0.2) is 27.7 Å². The fraction of sp³-hybridized carbons (Fsp3) is 0.167. The number of benzene rings is 1. The molecule has 0 unspecified atom stereocenters. The molecule has 2 N–H and O–H groups in total. The number of H-pyrrole nitrogens is 1. The van der Waals surface area contributed by atoms with E-state index >= 15 is 0 Å². The number of nitrogens with zero attached hydrogens (tertiary/aromatic N) is 2. The van der Waals surface area contributed by atoms with E-state index in [-0.39, 0.29) is 5.91 Å². The fourth-order valence-electron chi connectivity index (χ4n) is 2.32. The Hall–Kier alpha value is -3.15. The van der Waals surface area contributed by atoms with Gasteiger partial charge in [0.1, 0.15) is 0 Å². The lowest BCUT2D eigenvalue weighted by molar-refractivity contribution is 0.0950. The molecule has 0 aliphatic carbocycles. The third-order valence-electron chi connectivity index (χ3n) is 3.53. The van der Waals surface area contributed by atoms with Crippen LogP contribution < -0.4 is 10.1 Å². The third kappa shape index (κ3) is 3.60. The second kappa shape index (κ2) is 7.41. The number of ether oxygens (including phenoxy) is 1. The molecule has 6 nitrogen and oxygen atoms in total. The quantitative estimate of drug-likeness (QED) is 0.731. The molecule has 0 fully saturated rings. The molecule has 6 heteroatoms. The van der Waals surface area contributed by atoms with Crippen LogP contribution >= 0.6 is 0 Å². The number of carbonyl (C=O) groups is 1.